The second-order valence-electron chi connectivity index (χ2n) is 24.6. The third kappa shape index (κ3) is 18.2. The Hall–Kier alpha value is -8.91. The van der Waals surface area contributed by atoms with E-state index >= 15 is 0 Å². The molecule has 0 radical (unpaired) electrons. The number of carbonyl (C=O) groups is 3. The van der Waals surface area contributed by atoms with Gasteiger partial charge in [0, 0.05) is 36.3 Å². The molecule has 42 nitrogen and oxygen atoms in total. The molecule has 18 atom stereocenters. The minimum absolute atomic E-state index is 0.201. The van der Waals surface area contributed by atoms with Crippen LogP contribution in [0.2, 0.25) is 0 Å². The summed E-state index contributed by atoms with van der Waals surface area (Å²) in [6.07, 6.45) is -0.788. The average molecular weight is 1560 g/mol. The molecule has 0 aliphatic carbocycles. The summed E-state index contributed by atoms with van der Waals surface area (Å²) in [5.41, 5.74) is 4.32. The van der Waals surface area contributed by atoms with E-state index in [1.807, 2.05) is 105 Å². The number of ether oxygens (including phenoxy) is 9. The van der Waals surface area contributed by atoms with Crippen LogP contribution in [0, 0.1) is 0 Å². The first-order valence-electron chi connectivity index (χ1n) is 33.8. The molecule has 9 aromatic rings. The van der Waals surface area contributed by atoms with Crippen LogP contribution in [0.15, 0.2) is 129 Å². The second-order valence-corrected chi connectivity index (χ2v) is 28.1. The smallest absolute Gasteiger partial charge is 0.320 e. The molecule has 6 fully saturated rings. The number of nitrogens with one attached hydrogen (secondary N) is 6. The van der Waals surface area contributed by atoms with E-state index in [2.05, 4.69) is 90.3 Å². The van der Waals surface area contributed by atoms with Gasteiger partial charge < -0.3 is 102 Å². The number of aromatic nitrogens is 12. The van der Waals surface area contributed by atoms with Gasteiger partial charge in [-0.2, -0.15) is 0 Å². The van der Waals surface area contributed by atoms with Crippen LogP contribution in [0.5, 0.6) is 0 Å². The Balaban J connectivity index is 0.000000143. The predicted molar refractivity (Wildman–Crippen MR) is 364 cm³/mol. The van der Waals surface area contributed by atoms with Crippen molar-refractivity contribution < 1.29 is 114 Å². The molecule has 108 heavy (non-hydrogen) atoms. The normalized spacial score (nSPS) is 27.0. The maximum absolute atomic E-state index is 12.2. The number of urea groups is 3. The Bertz CT molecular complexity index is 4740. The second kappa shape index (κ2) is 33.9. The zero-order valence-corrected chi connectivity index (χ0v) is 60.0. The third-order valence-electron chi connectivity index (χ3n) is 17.2. The lowest BCUT2D eigenvalue weighted by Gasteiger charge is -2.23. The molecule has 12 heterocycles. The van der Waals surface area contributed by atoms with E-state index in [4.69, 9.17) is 57.3 Å². The summed E-state index contributed by atoms with van der Waals surface area (Å²) in [4.78, 5) is 135. The van der Waals surface area contributed by atoms with Crippen molar-refractivity contribution in [2.45, 2.75) is 133 Å². The van der Waals surface area contributed by atoms with Gasteiger partial charge in [-0.15, -0.1) is 0 Å². The number of fused-ring (bicyclic) bond motifs is 6. The van der Waals surface area contributed by atoms with Crippen molar-refractivity contribution in [3.05, 3.63) is 146 Å². The molecule has 9 unspecified atom stereocenters. The fourth-order valence-electron chi connectivity index (χ4n) is 12.5. The number of rotatable bonds is 24. The molecule has 0 saturated carbocycles. The van der Waals surface area contributed by atoms with Crippen molar-refractivity contribution in [1.29, 1.82) is 0 Å². The molecule has 6 aromatic heterocycles. The number of hydrogen-bond donors (Lipinski definition) is 9. The van der Waals surface area contributed by atoms with Crippen LogP contribution in [0.25, 0.3) is 33.5 Å². The zero-order chi connectivity index (χ0) is 75.9. The molecule has 45 heteroatoms. The molecule has 576 valence electrons. The van der Waals surface area contributed by atoms with Crippen LogP contribution in [0.3, 0.4) is 0 Å². The summed E-state index contributed by atoms with van der Waals surface area (Å²) in [6.45, 7) is 5.76. The summed E-state index contributed by atoms with van der Waals surface area (Å²) in [7, 11) is -15.0. The fourth-order valence-corrected chi connectivity index (χ4v) is 13.5. The first-order valence-corrected chi connectivity index (χ1v) is 38.3. The quantitative estimate of drug-likeness (QED) is 0.0308. The molecule has 6 saturated heterocycles. The highest BCUT2D eigenvalue weighted by Gasteiger charge is 2.57. The van der Waals surface area contributed by atoms with Gasteiger partial charge in [-0.1, -0.05) is 111 Å². The van der Waals surface area contributed by atoms with Crippen molar-refractivity contribution >= 4 is 92.5 Å². The number of anilines is 3. The average Bonchev–Trinajstić information content (AvgIpc) is 1.61. The lowest BCUT2D eigenvalue weighted by atomic mass is 10.1. The van der Waals surface area contributed by atoms with Crippen molar-refractivity contribution in [3.63, 3.8) is 0 Å². The largest absolute Gasteiger partial charge is 0.756 e. The van der Waals surface area contributed by atoms with E-state index in [9.17, 15) is 42.8 Å². The molecule has 6 amide bonds. The highest BCUT2D eigenvalue weighted by molar-refractivity contribution is 7.45. The van der Waals surface area contributed by atoms with E-state index in [1.165, 1.54) is 38.0 Å². The Morgan fingerprint density at radius 2 is 0.722 bits per heavy atom. The van der Waals surface area contributed by atoms with Crippen LogP contribution in [-0.2, 0) is 69.9 Å². The Labute approximate surface area is 611 Å². The number of phosphoric ester groups is 3. The van der Waals surface area contributed by atoms with Gasteiger partial charge in [0.1, 0.15) is 73.9 Å². The topological polar surface area (TPSA) is 546 Å². The van der Waals surface area contributed by atoms with Crippen molar-refractivity contribution in [2.24, 2.45) is 0 Å². The maximum atomic E-state index is 12.2. The number of phosphoric acid groups is 3. The molecule has 6 aliphatic heterocycles. The van der Waals surface area contributed by atoms with Gasteiger partial charge in [-0.25, -0.2) is 59.2 Å². The van der Waals surface area contributed by atoms with Gasteiger partial charge in [0.2, 0.25) is 0 Å². The standard InChI is InChI=1S/C22H27N6O8P.C21H25N6O8P.C20H23N6O8P/c1-2-3-9-23-22(29)27-18-15-19(25-11-24-18)28(12-26-15)20-17-16(14(34-20)10-33-37(30,31)32)35-21(36-17)13-7-5-4-6-8-13;1-2-8-22-21(28)26-17-14-18(24-10-23-17)27(11-25-14)19-16-15(13(33-19)9-32-36(29,30)31)34-20(35-16)12-6-4-3-5-7-12;1-2-21-20(27)25-16-13-17(23-9-22-16)26(10-24-13)18-15-14(12(32-18)8-31-35(28,29)30)33-19(34-15)11-6-4-3-5-7-11/h4-8,11-12,14,16-17,20-21H,2-3,9-10H2,1H3,(H2,30,31,32)(H2,23,24,25,27,29);3-7,10-11,13,15-16,19-20H,2,8-9H2,1H3,(H2,29,30,31)(H2,22,23,24,26,28);3-7,9-10,12,14-15,18-19H,2,8H2,1H3,(H2,28,29,30)(H2,21,22,23,25,27)/p-3/t14-,16?,17+,20-,21?;13-,15?,16+,19-,20?;12-,14?,15+,18-,19?/m111/s1. The number of unbranched alkanes of at least 4 members (excludes halogenated alkanes) is 1. The lowest BCUT2D eigenvalue weighted by Crippen LogP contribution is -2.32. The van der Waals surface area contributed by atoms with E-state index < -0.39 is 154 Å². The van der Waals surface area contributed by atoms with Gasteiger partial charge in [-0.3, -0.25) is 43.3 Å². The minimum Gasteiger partial charge on any atom is -0.756 e. The van der Waals surface area contributed by atoms with Gasteiger partial charge in [0.05, 0.1) is 38.8 Å². The predicted octanol–water partition coefficient (Wildman–Crippen LogP) is 3.65. The first kappa shape index (κ1) is 77.3. The summed E-state index contributed by atoms with van der Waals surface area (Å²) in [6, 6.07) is 26.4. The van der Waals surface area contributed by atoms with Crippen molar-refractivity contribution in [2.75, 3.05) is 55.4 Å². The van der Waals surface area contributed by atoms with Crippen LogP contribution >= 0.6 is 23.5 Å². The molecular formula is C63H72N18O24P3-3. The number of hydrogen-bond acceptors (Lipinski definition) is 30. The SMILES string of the molecule is CCCCNC(=O)Nc1ncnc2c1ncn2[C@@H]1O[C@H](COP(=O)([O-])O)C2OC(c3ccccc3)O[C@@H]21.CCCNC(=O)Nc1ncnc2c1ncn2[C@@H]1O[C@H](COP(=O)([O-])O)C2OC(c3ccccc3)O[C@@H]21.CCNC(=O)Nc1ncnc2c1ncn2[C@@H]1O[C@H](COP(=O)([O-])O)C2OC(c3ccccc3)O[C@@H]21. The maximum Gasteiger partial charge on any atom is 0.320 e. The third-order valence-corrected chi connectivity index (χ3v) is 18.7. The van der Waals surface area contributed by atoms with Crippen LogP contribution in [0.4, 0.5) is 31.8 Å². The number of carbonyl (C=O) groups excluding carboxylic acids is 3. The minimum atomic E-state index is -4.99. The van der Waals surface area contributed by atoms with Crippen molar-refractivity contribution in [1.82, 2.24) is 74.5 Å². The van der Waals surface area contributed by atoms with Crippen LogP contribution < -0.4 is 46.6 Å². The number of imidazole rings is 3. The Morgan fingerprint density at radius 1 is 0.417 bits per heavy atom. The molecule has 0 spiro atoms. The highest BCUT2D eigenvalue weighted by atomic mass is 31.2. The first-order chi connectivity index (χ1) is 52.0. The molecule has 0 bridgehead atoms. The monoisotopic (exact) mass is 1560 g/mol. The molecular weight excluding hydrogens is 1490 g/mol. The highest BCUT2D eigenvalue weighted by Crippen LogP contribution is 2.50. The van der Waals surface area contributed by atoms with Crippen LogP contribution in [-0.4, -0.2) is 186 Å². The van der Waals surface area contributed by atoms with E-state index in [1.54, 1.807) is 20.6 Å². The van der Waals surface area contributed by atoms with E-state index in [0.29, 0.717) is 53.1 Å². The zero-order valence-electron chi connectivity index (χ0n) is 57.3. The Morgan fingerprint density at radius 3 is 1.02 bits per heavy atom. The number of benzene rings is 3. The molecule has 6 aliphatic rings. The molecule has 15 rings (SSSR count). The number of nitrogens with zero attached hydrogens (tertiary/aromatic N) is 12. The van der Waals surface area contributed by atoms with Crippen molar-refractivity contribution in [3.8, 4) is 0 Å². The van der Waals surface area contributed by atoms with E-state index in [-0.39, 0.29) is 17.5 Å². The molecule has 9 N–H and O–H groups in total. The summed E-state index contributed by atoms with van der Waals surface area (Å²) in [5, 5.41) is 16.0. The van der Waals surface area contributed by atoms with E-state index in [0.717, 1.165) is 36.0 Å². The van der Waals surface area contributed by atoms with Gasteiger partial charge >= 0.3 is 18.1 Å². The van der Waals surface area contributed by atoms with Gasteiger partial charge in [0.15, 0.2) is 88.5 Å². The van der Waals surface area contributed by atoms with Crippen LogP contribution in [0.1, 0.15) is 94.3 Å². The summed E-state index contributed by atoms with van der Waals surface area (Å²) >= 11 is 0. The summed E-state index contributed by atoms with van der Waals surface area (Å²) < 4.78 is 107. The fraction of sp³-hybridized carbons (Fsp3) is 0.429. The Kier molecular flexibility index (Phi) is 24.3. The van der Waals surface area contributed by atoms with Gasteiger partial charge in [-0.05, 0) is 19.8 Å². The van der Waals surface area contributed by atoms with Gasteiger partial charge in [0.25, 0.3) is 23.5 Å². The number of amides is 6. The molecule has 3 aromatic carbocycles. The summed E-state index contributed by atoms with van der Waals surface area (Å²) in [5.74, 6) is 0.623. The lowest BCUT2D eigenvalue weighted by molar-refractivity contribution is -0.225.